The summed E-state index contributed by atoms with van der Waals surface area (Å²) in [6.45, 7) is 9.18. The molecule has 0 bridgehead atoms. The fourth-order valence-electron chi connectivity index (χ4n) is 3.96. The highest BCUT2D eigenvalue weighted by molar-refractivity contribution is 5.80. The lowest BCUT2D eigenvalue weighted by Crippen LogP contribution is -2.46. The molecule has 31 heavy (non-hydrogen) atoms. The molecule has 166 valence electrons. The van der Waals surface area contributed by atoms with Crippen LogP contribution in [0.3, 0.4) is 0 Å². The fraction of sp³-hybridized carbons (Fsp3) is 0.478. The van der Waals surface area contributed by atoms with Crippen LogP contribution in [0.5, 0.6) is 11.6 Å². The average Bonchev–Trinajstić information content (AvgIpc) is 3.30. The molecule has 2 aromatic rings. The van der Waals surface area contributed by atoms with E-state index in [1.54, 1.807) is 18.3 Å². The molecule has 8 heteroatoms. The van der Waals surface area contributed by atoms with Crippen LogP contribution in [0.2, 0.25) is 0 Å². The van der Waals surface area contributed by atoms with Gasteiger partial charge in [-0.25, -0.2) is 14.4 Å². The number of aliphatic imine (C=N–C) groups is 1. The van der Waals surface area contributed by atoms with Gasteiger partial charge in [0.1, 0.15) is 11.6 Å². The SMILES string of the molecule is CCNC(=NCc1ccc(Oc2ccc(F)cc2)nc1)N1CCC(N2CCOCC2)C1. The average molecular weight is 428 g/mol. The number of halogens is 1. The molecule has 0 amide bonds. The van der Waals surface area contributed by atoms with E-state index in [9.17, 15) is 4.39 Å². The van der Waals surface area contributed by atoms with Gasteiger partial charge in [0.2, 0.25) is 5.88 Å². The van der Waals surface area contributed by atoms with Gasteiger partial charge < -0.3 is 19.7 Å². The molecule has 0 saturated carbocycles. The molecule has 2 saturated heterocycles. The molecule has 0 spiro atoms. The van der Waals surface area contributed by atoms with Crippen LogP contribution in [0.1, 0.15) is 18.9 Å². The second kappa shape index (κ2) is 10.5. The lowest BCUT2D eigenvalue weighted by molar-refractivity contribution is 0.0195. The maximum Gasteiger partial charge on any atom is 0.219 e. The second-order valence-corrected chi connectivity index (χ2v) is 7.77. The highest BCUT2D eigenvalue weighted by Crippen LogP contribution is 2.20. The Bertz CT molecular complexity index is 853. The number of nitrogens with zero attached hydrogens (tertiary/aromatic N) is 4. The van der Waals surface area contributed by atoms with E-state index in [1.165, 1.54) is 12.1 Å². The van der Waals surface area contributed by atoms with Gasteiger partial charge in [-0.1, -0.05) is 6.07 Å². The summed E-state index contributed by atoms with van der Waals surface area (Å²) in [7, 11) is 0. The van der Waals surface area contributed by atoms with Gasteiger partial charge in [0.15, 0.2) is 5.96 Å². The number of hydrogen-bond acceptors (Lipinski definition) is 5. The summed E-state index contributed by atoms with van der Waals surface area (Å²) in [4.78, 5) is 14.1. The van der Waals surface area contributed by atoms with Gasteiger partial charge in [0.05, 0.1) is 19.8 Å². The van der Waals surface area contributed by atoms with Gasteiger partial charge in [0, 0.05) is 51.0 Å². The zero-order valence-electron chi connectivity index (χ0n) is 18.0. The zero-order valence-corrected chi connectivity index (χ0v) is 18.0. The first kappa shape index (κ1) is 21.5. The third kappa shape index (κ3) is 5.92. The first-order valence-corrected chi connectivity index (χ1v) is 10.9. The summed E-state index contributed by atoms with van der Waals surface area (Å²) in [5.74, 6) is 1.68. The Morgan fingerprint density at radius 2 is 2.00 bits per heavy atom. The first-order valence-electron chi connectivity index (χ1n) is 10.9. The van der Waals surface area contributed by atoms with Crippen LogP contribution >= 0.6 is 0 Å². The smallest absolute Gasteiger partial charge is 0.219 e. The Morgan fingerprint density at radius 3 is 2.71 bits per heavy atom. The summed E-state index contributed by atoms with van der Waals surface area (Å²) in [6, 6.07) is 10.2. The summed E-state index contributed by atoms with van der Waals surface area (Å²) < 4.78 is 24.2. The first-order chi connectivity index (χ1) is 15.2. The molecular weight excluding hydrogens is 397 g/mol. The molecule has 1 unspecified atom stereocenters. The highest BCUT2D eigenvalue weighted by Gasteiger charge is 2.30. The van der Waals surface area contributed by atoms with Crippen LogP contribution in [0.25, 0.3) is 0 Å². The van der Waals surface area contributed by atoms with E-state index in [4.69, 9.17) is 14.5 Å². The molecule has 2 aliphatic rings. The minimum Gasteiger partial charge on any atom is -0.439 e. The van der Waals surface area contributed by atoms with Crippen LogP contribution in [-0.4, -0.2) is 72.7 Å². The Balaban J connectivity index is 1.34. The topological polar surface area (TPSA) is 62.2 Å². The monoisotopic (exact) mass is 427 g/mol. The third-order valence-electron chi connectivity index (χ3n) is 5.60. The van der Waals surface area contributed by atoms with Crippen LogP contribution < -0.4 is 10.1 Å². The molecule has 0 radical (unpaired) electrons. The normalized spacial score (nSPS) is 20.1. The number of aromatic nitrogens is 1. The molecule has 2 fully saturated rings. The van der Waals surface area contributed by atoms with Crippen LogP contribution in [-0.2, 0) is 11.3 Å². The number of rotatable bonds is 6. The van der Waals surface area contributed by atoms with E-state index in [0.717, 1.165) is 63.9 Å². The number of benzene rings is 1. The Kier molecular flexibility index (Phi) is 7.32. The van der Waals surface area contributed by atoms with Crippen molar-refractivity contribution in [3.63, 3.8) is 0 Å². The van der Waals surface area contributed by atoms with E-state index in [-0.39, 0.29) is 5.82 Å². The van der Waals surface area contributed by atoms with Crippen molar-refractivity contribution in [2.24, 2.45) is 4.99 Å². The van der Waals surface area contributed by atoms with Crippen molar-refractivity contribution in [1.82, 2.24) is 20.1 Å². The molecule has 3 heterocycles. The molecule has 4 rings (SSSR count). The molecule has 1 atom stereocenters. The molecule has 7 nitrogen and oxygen atoms in total. The summed E-state index contributed by atoms with van der Waals surface area (Å²) in [5.41, 5.74) is 1.01. The van der Waals surface area contributed by atoms with Crippen LogP contribution in [0, 0.1) is 5.82 Å². The van der Waals surface area contributed by atoms with Gasteiger partial charge >= 0.3 is 0 Å². The van der Waals surface area contributed by atoms with Gasteiger partial charge in [-0.3, -0.25) is 4.90 Å². The summed E-state index contributed by atoms with van der Waals surface area (Å²) >= 11 is 0. The molecule has 2 aliphatic heterocycles. The number of hydrogen-bond donors (Lipinski definition) is 1. The van der Waals surface area contributed by atoms with E-state index < -0.39 is 0 Å². The summed E-state index contributed by atoms with van der Waals surface area (Å²) in [5, 5.41) is 3.42. The predicted octanol–water partition coefficient (Wildman–Crippen LogP) is 2.89. The third-order valence-corrected chi connectivity index (χ3v) is 5.60. The van der Waals surface area contributed by atoms with Crippen molar-refractivity contribution in [1.29, 1.82) is 0 Å². The lowest BCUT2D eigenvalue weighted by atomic mass is 10.2. The fourth-order valence-corrected chi connectivity index (χ4v) is 3.96. The number of likely N-dealkylation sites (tertiary alicyclic amines) is 1. The number of pyridine rings is 1. The van der Waals surface area contributed by atoms with E-state index in [1.807, 2.05) is 12.1 Å². The quantitative estimate of drug-likeness (QED) is 0.565. The number of nitrogens with one attached hydrogen (secondary N) is 1. The highest BCUT2D eigenvalue weighted by atomic mass is 19.1. The van der Waals surface area contributed by atoms with Gasteiger partial charge in [0.25, 0.3) is 0 Å². The van der Waals surface area contributed by atoms with Gasteiger partial charge in [-0.15, -0.1) is 0 Å². The van der Waals surface area contributed by atoms with Crippen LogP contribution in [0.4, 0.5) is 4.39 Å². The van der Waals surface area contributed by atoms with E-state index in [0.29, 0.717) is 24.2 Å². The maximum atomic E-state index is 13.0. The van der Waals surface area contributed by atoms with Crippen molar-refractivity contribution in [3.05, 3.63) is 54.0 Å². The van der Waals surface area contributed by atoms with Gasteiger partial charge in [-0.05, 0) is 43.2 Å². The van der Waals surface area contributed by atoms with E-state index in [2.05, 4.69) is 27.0 Å². The lowest BCUT2D eigenvalue weighted by Gasteiger charge is -2.32. The zero-order chi connectivity index (χ0) is 21.5. The Hall–Kier alpha value is -2.71. The van der Waals surface area contributed by atoms with E-state index >= 15 is 0 Å². The minimum atomic E-state index is -0.292. The maximum absolute atomic E-state index is 13.0. The Morgan fingerprint density at radius 1 is 1.19 bits per heavy atom. The molecule has 1 aromatic carbocycles. The van der Waals surface area contributed by atoms with Crippen molar-refractivity contribution in [2.75, 3.05) is 45.9 Å². The number of morpholine rings is 1. The van der Waals surface area contributed by atoms with Crippen LogP contribution in [0.15, 0.2) is 47.6 Å². The molecule has 1 aromatic heterocycles. The van der Waals surface area contributed by atoms with Crippen molar-refractivity contribution >= 4 is 5.96 Å². The molecular formula is C23H30FN5O2. The number of ether oxygens (including phenoxy) is 2. The summed E-state index contributed by atoms with van der Waals surface area (Å²) in [6.07, 6.45) is 2.92. The Labute approximate surface area is 182 Å². The predicted molar refractivity (Wildman–Crippen MR) is 118 cm³/mol. The molecule has 1 N–H and O–H groups in total. The number of guanidine groups is 1. The standard InChI is InChI=1S/C23H30FN5O2/c1-2-25-23(29-10-9-20(17-29)28-11-13-30-14-12-28)27-16-18-3-8-22(26-15-18)31-21-6-4-19(24)5-7-21/h3-8,15,20H,2,9-14,16-17H2,1H3,(H,25,27). The molecule has 0 aliphatic carbocycles. The van der Waals surface area contributed by atoms with Crippen molar-refractivity contribution in [3.8, 4) is 11.6 Å². The second-order valence-electron chi connectivity index (χ2n) is 7.77. The van der Waals surface area contributed by atoms with Crippen molar-refractivity contribution < 1.29 is 13.9 Å². The largest absolute Gasteiger partial charge is 0.439 e. The van der Waals surface area contributed by atoms with Gasteiger partial charge in [-0.2, -0.15) is 0 Å². The van der Waals surface area contributed by atoms with Crippen molar-refractivity contribution in [2.45, 2.75) is 25.9 Å². The minimum absolute atomic E-state index is 0.292.